The van der Waals surface area contributed by atoms with Crippen molar-refractivity contribution in [3.8, 4) is 5.75 Å². The summed E-state index contributed by atoms with van der Waals surface area (Å²) in [5.41, 5.74) is 6.38. The van der Waals surface area contributed by atoms with Crippen LogP contribution in [0.4, 0.5) is 10.2 Å². The van der Waals surface area contributed by atoms with E-state index >= 15 is 0 Å². The number of anilines is 1. The van der Waals surface area contributed by atoms with E-state index in [1.54, 1.807) is 18.3 Å². The molecule has 1 aromatic heterocycles. The highest BCUT2D eigenvalue weighted by atomic mass is 35.5. The first-order valence-corrected chi connectivity index (χ1v) is 5.80. The van der Waals surface area contributed by atoms with E-state index in [9.17, 15) is 4.39 Å². The van der Waals surface area contributed by atoms with Gasteiger partial charge in [0, 0.05) is 16.8 Å². The monoisotopic (exact) mass is 266 g/mol. The van der Waals surface area contributed by atoms with Crippen molar-refractivity contribution in [1.29, 1.82) is 0 Å². The summed E-state index contributed by atoms with van der Waals surface area (Å²) in [6.45, 7) is 0.229. The van der Waals surface area contributed by atoms with Crippen LogP contribution >= 0.6 is 11.6 Å². The third-order valence-corrected chi connectivity index (χ3v) is 2.78. The van der Waals surface area contributed by atoms with E-state index in [2.05, 4.69) is 4.98 Å². The highest BCUT2D eigenvalue weighted by Crippen LogP contribution is 2.24. The van der Waals surface area contributed by atoms with Crippen LogP contribution in [-0.4, -0.2) is 11.6 Å². The molecule has 0 aliphatic heterocycles. The molecule has 0 amide bonds. The maximum Gasteiger partial charge on any atom is 0.166 e. The van der Waals surface area contributed by atoms with Crippen molar-refractivity contribution in [1.82, 2.24) is 4.98 Å². The van der Waals surface area contributed by atoms with Crippen LogP contribution < -0.4 is 10.5 Å². The van der Waals surface area contributed by atoms with Gasteiger partial charge in [-0.2, -0.15) is 0 Å². The Kier molecular flexibility index (Phi) is 3.99. The Hall–Kier alpha value is -1.81. The average molecular weight is 267 g/mol. The van der Waals surface area contributed by atoms with Crippen LogP contribution in [0.5, 0.6) is 5.75 Å². The standard InChI is InChI=1S/C13H12ClFN2O/c14-11-7-10(15)4-1-3-9(11)8-18-12-5-2-6-17-13(12)16/h2-7H,1,8H2,(H2,16,17). The first-order chi connectivity index (χ1) is 8.66. The van der Waals surface area contributed by atoms with Gasteiger partial charge in [0.1, 0.15) is 12.4 Å². The van der Waals surface area contributed by atoms with Crippen molar-refractivity contribution in [3.63, 3.8) is 0 Å². The molecule has 0 bridgehead atoms. The quantitative estimate of drug-likeness (QED) is 0.913. The third kappa shape index (κ3) is 3.11. The molecule has 1 aromatic rings. The summed E-state index contributed by atoms with van der Waals surface area (Å²) in [4.78, 5) is 3.91. The number of ether oxygens (including phenoxy) is 1. The van der Waals surface area contributed by atoms with E-state index in [4.69, 9.17) is 22.1 Å². The van der Waals surface area contributed by atoms with Gasteiger partial charge in [0.15, 0.2) is 11.6 Å². The second-order valence-corrected chi connectivity index (χ2v) is 4.13. The van der Waals surface area contributed by atoms with Crippen LogP contribution in [0.2, 0.25) is 0 Å². The van der Waals surface area contributed by atoms with Gasteiger partial charge in [-0.15, -0.1) is 0 Å². The number of nitrogens with zero attached hydrogens (tertiary/aromatic N) is 1. The maximum absolute atomic E-state index is 13.1. The molecule has 0 radical (unpaired) electrons. The number of nitrogen functional groups attached to an aromatic ring is 1. The van der Waals surface area contributed by atoms with Gasteiger partial charge in [-0.1, -0.05) is 17.7 Å². The second-order valence-electron chi connectivity index (χ2n) is 3.72. The predicted molar refractivity (Wildman–Crippen MR) is 70.0 cm³/mol. The number of rotatable bonds is 3. The molecule has 1 aliphatic carbocycles. The minimum absolute atomic E-state index is 0.229. The zero-order valence-corrected chi connectivity index (χ0v) is 10.3. The normalized spacial score (nSPS) is 15.3. The number of pyridine rings is 1. The van der Waals surface area contributed by atoms with Crippen LogP contribution in [0, 0.1) is 0 Å². The average Bonchev–Trinajstić information content (AvgIpc) is 2.49. The Morgan fingerprint density at radius 3 is 3.06 bits per heavy atom. The van der Waals surface area contributed by atoms with Gasteiger partial charge < -0.3 is 10.5 Å². The lowest BCUT2D eigenvalue weighted by molar-refractivity contribution is 0.355. The summed E-state index contributed by atoms with van der Waals surface area (Å²) >= 11 is 5.97. The predicted octanol–water partition coefficient (Wildman–Crippen LogP) is 3.35. The molecule has 18 heavy (non-hydrogen) atoms. The van der Waals surface area contributed by atoms with Crippen molar-refractivity contribution >= 4 is 17.4 Å². The van der Waals surface area contributed by atoms with Gasteiger partial charge in [0.05, 0.1) is 0 Å². The fraction of sp³-hybridized carbons (Fsp3) is 0.154. The van der Waals surface area contributed by atoms with Crippen molar-refractivity contribution in [2.75, 3.05) is 12.3 Å². The number of hydrogen-bond acceptors (Lipinski definition) is 3. The Labute approximate surface area is 109 Å². The van der Waals surface area contributed by atoms with Crippen molar-refractivity contribution in [2.45, 2.75) is 6.42 Å². The summed E-state index contributed by atoms with van der Waals surface area (Å²) in [6, 6.07) is 3.45. The molecule has 2 rings (SSSR count). The van der Waals surface area contributed by atoms with Crippen LogP contribution in [0.15, 0.2) is 53.0 Å². The Balaban J connectivity index is 2.05. The van der Waals surface area contributed by atoms with E-state index in [1.165, 1.54) is 12.2 Å². The lowest BCUT2D eigenvalue weighted by Crippen LogP contribution is -2.04. The lowest BCUT2D eigenvalue weighted by atomic mass is 10.2. The van der Waals surface area contributed by atoms with Crippen LogP contribution in [0.1, 0.15) is 6.42 Å². The van der Waals surface area contributed by atoms with Crippen LogP contribution in [0.25, 0.3) is 0 Å². The molecule has 0 saturated carbocycles. The molecule has 3 nitrogen and oxygen atoms in total. The van der Waals surface area contributed by atoms with Crippen molar-refractivity contribution < 1.29 is 9.13 Å². The van der Waals surface area contributed by atoms with E-state index in [-0.39, 0.29) is 12.4 Å². The fourth-order valence-electron chi connectivity index (χ4n) is 1.49. The highest BCUT2D eigenvalue weighted by molar-refractivity contribution is 6.32. The molecule has 0 unspecified atom stereocenters. The summed E-state index contributed by atoms with van der Waals surface area (Å²) in [5.74, 6) is 0.462. The molecule has 0 atom stereocenters. The molecule has 5 heteroatoms. The van der Waals surface area contributed by atoms with Crippen molar-refractivity contribution in [3.05, 3.63) is 53.0 Å². The molecule has 0 saturated heterocycles. The fourth-order valence-corrected chi connectivity index (χ4v) is 1.73. The number of allylic oxidation sites excluding steroid dienone is 4. The molecule has 0 spiro atoms. The minimum atomic E-state index is -0.341. The number of aromatic nitrogens is 1. The van der Waals surface area contributed by atoms with E-state index < -0.39 is 0 Å². The second kappa shape index (κ2) is 5.69. The summed E-state index contributed by atoms with van der Waals surface area (Å²) in [7, 11) is 0. The largest absolute Gasteiger partial charge is 0.485 e. The van der Waals surface area contributed by atoms with Gasteiger partial charge in [-0.05, 0) is 30.7 Å². The molecule has 1 heterocycles. The van der Waals surface area contributed by atoms with Gasteiger partial charge >= 0.3 is 0 Å². The smallest absolute Gasteiger partial charge is 0.166 e. The Morgan fingerprint density at radius 1 is 1.44 bits per heavy atom. The summed E-state index contributed by atoms with van der Waals surface area (Å²) in [5, 5.41) is 0.337. The first-order valence-electron chi connectivity index (χ1n) is 5.42. The SMILES string of the molecule is Nc1ncccc1OCC1=CCC=C(F)C=C1Cl. The zero-order valence-electron chi connectivity index (χ0n) is 9.57. The first kappa shape index (κ1) is 12.6. The Bertz CT molecular complexity index is 538. The summed E-state index contributed by atoms with van der Waals surface area (Å²) in [6.07, 6.45) is 6.61. The molecule has 2 N–H and O–H groups in total. The summed E-state index contributed by atoms with van der Waals surface area (Å²) < 4.78 is 18.6. The van der Waals surface area contributed by atoms with Gasteiger partial charge in [-0.3, -0.25) is 0 Å². The Morgan fingerprint density at radius 2 is 2.28 bits per heavy atom. The number of nitrogens with two attached hydrogens (primary N) is 1. The highest BCUT2D eigenvalue weighted by Gasteiger charge is 2.09. The van der Waals surface area contributed by atoms with Gasteiger partial charge in [-0.25, -0.2) is 9.37 Å². The molecule has 0 aromatic carbocycles. The third-order valence-electron chi connectivity index (χ3n) is 2.43. The van der Waals surface area contributed by atoms with Gasteiger partial charge in [0.2, 0.25) is 0 Å². The minimum Gasteiger partial charge on any atom is -0.485 e. The maximum atomic E-state index is 13.1. The van der Waals surface area contributed by atoms with E-state index in [1.807, 2.05) is 6.08 Å². The molecular formula is C13H12ClFN2O. The number of halogens is 2. The lowest BCUT2D eigenvalue weighted by Gasteiger charge is -2.09. The number of hydrogen-bond donors (Lipinski definition) is 1. The van der Waals surface area contributed by atoms with E-state index in [0.29, 0.717) is 23.0 Å². The van der Waals surface area contributed by atoms with Crippen LogP contribution in [0.3, 0.4) is 0 Å². The molecular weight excluding hydrogens is 255 g/mol. The van der Waals surface area contributed by atoms with Crippen molar-refractivity contribution in [2.24, 2.45) is 0 Å². The van der Waals surface area contributed by atoms with Gasteiger partial charge in [0.25, 0.3) is 0 Å². The molecule has 94 valence electrons. The zero-order chi connectivity index (χ0) is 13.0. The topological polar surface area (TPSA) is 48.1 Å². The molecule has 0 fully saturated rings. The molecule has 1 aliphatic rings. The van der Waals surface area contributed by atoms with Crippen LogP contribution in [-0.2, 0) is 0 Å². The van der Waals surface area contributed by atoms with E-state index in [0.717, 1.165) is 5.57 Å².